The van der Waals surface area contributed by atoms with Crippen molar-refractivity contribution >= 4 is 23.4 Å². The van der Waals surface area contributed by atoms with Crippen LogP contribution in [0.3, 0.4) is 0 Å². The number of hydrogen-bond acceptors (Lipinski definition) is 6. The SMILES string of the molecule is CCOC(=O)c1cccc(Sc2ncccn2)c1N. The number of nitrogens with two attached hydrogens (primary N) is 1. The van der Waals surface area contributed by atoms with Crippen LogP contribution >= 0.6 is 11.8 Å². The van der Waals surface area contributed by atoms with Gasteiger partial charge >= 0.3 is 5.97 Å². The lowest BCUT2D eigenvalue weighted by molar-refractivity contribution is 0.0527. The molecule has 0 saturated carbocycles. The largest absolute Gasteiger partial charge is 0.462 e. The second-order valence-electron chi connectivity index (χ2n) is 3.57. The van der Waals surface area contributed by atoms with E-state index in [9.17, 15) is 4.79 Å². The van der Waals surface area contributed by atoms with Crippen LogP contribution in [0.5, 0.6) is 0 Å². The Morgan fingerprint density at radius 1 is 1.32 bits per heavy atom. The van der Waals surface area contributed by atoms with Crippen LogP contribution < -0.4 is 5.73 Å². The Bertz CT molecular complexity index is 575. The number of anilines is 1. The maximum absolute atomic E-state index is 11.7. The van der Waals surface area contributed by atoms with Crippen LogP contribution in [-0.2, 0) is 4.74 Å². The van der Waals surface area contributed by atoms with E-state index >= 15 is 0 Å². The van der Waals surface area contributed by atoms with E-state index in [0.717, 1.165) is 4.90 Å². The standard InChI is InChI=1S/C13H13N3O2S/c1-2-18-12(17)9-5-3-6-10(11(9)14)19-13-15-7-4-8-16-13/h3-8H,2,14H2,1H3. The molecule has 2 N–H and O–H groups in total. The monoisotopic (exact) mass is 275 g/mol. The Labute approximate surface area is 115 Å². The van der Waals surface area contributed by atoms with Gasteiger partial charge in [0.2, 0.25) is 0 Å². The van der Waals surface area contributed by atoms with Crippen LogP contribution in [0.1, 0.15) is 17.3 Å². The minimum Gasteiger partial charge on any atom is -0.462 e. The molecule has 0 aliphatic rings. The number of aromatic nitrogens is 2. The minimum atomic E-state index is -0.420. The molecule has 0 aliphatic heterocycles. The quantitative estimate of drug-likeness (QED) is 0.524. The number of para-hydroxylation sites is 1. The van der Waals surface area contributed by atoms with Gasteiger partial charge in [-0.2, -0.15) is 0 Å². The zero-order valence-corrected chi connectivity index (χ0v) is 11.2. The molecule has 1 heterocycles. The molecule has 0 atom stereocenters. The Balaban J connectivity index is 2.27. The lowest BCUT2D eigenvalue weighted by Gasteiger charge is -2.09. The first-order chi connectivity index (χ1) is 9.22. The summed E-state index contributed by atoms with van der Waals surface area (Å²) in [5, 5.41) is 0.579. The molecule has 98 valence electrons. The summed E-state index contributed by atoms with van der Waals surface area (Å²) >= 11 is 1.31. The van der Waals surface area contributed by atoms with Crippen LogP contribution in [0.4, 0.5) is 5.69 Å². The fraction of sp³-hybridized carbons (Fsp3) is 0.154. The Morgan fingerprint density at radius 3 is 2.74 bits per heavy atom. The molecular formula is C13H13N3O2S. The highest BCUT2D eigenvalue weighted by atomic mass is 32.2. The van der Waals surface area contributed by atoms with Gasteiger partial charge in [0.15, 0.2) is 5.16 Å². The highest BCUT2D eigenvalue weighted by Gasteiger charge is 2.14. The van der Waals surface area contributed by atoms with E-state index in [1.165, 1.54) is 11.8 Å². The van der Waals surface area contributed by atoms with Gasteiger partial charge in [-0.25, -0.2) is 14.8 Å². The molecule has 0 bridgehead atoms. The van der Waals surface area contributed by atoms with E-state index < -0.39 is 5.97 Å². The van der Waals surface area contributed by atoms with Crippen molar-refractivity contribution in [2.45, 2.75) is 17.0 Å². The molecule has 0 unspecified atom stereocenters. The molecule has 0 spiro atoms. The maximum Gasteiger partial charge on any atom is 0.340 e. The summed E-state index contributed by atoms with van der Waals surface area (Å²) in [6.45, 7) is 2.07. The molecule has 2 rings (SSSR count). The van der Waals surface area contributed by atoms with E-state index in [2.05, 4.69) is 9.97 Å². The topological polar surface area (TPSA) is 78.1 Å². The first-order valence-corrected chi connectivity index (χ1v) is 6.54. The second-order valence-corrected chi connectivity index (χ2v) is 4.58. The van der Waals surface area contributed by atoms with Gasteiger partial charge in [-0.05, 0) is 36.9 Å². The van der Waals surface area contributed by atoms with E-state index in [1.807, 2.05) is 6.07 Å². The average molecular weight is 275 g/mol. The van der Waals surface area contributed by atoms with Gasteiger partial charge in [0.05, 0.1) is 17.9 Å². The first kappa shape index (κ1) is 13.4. The van der Waals surface area contributed by atoms with Crippen LogP contribution in [0.25, 0.3) is 0 Å². The molecule has 0 saturated heterocycles. The fourth-order valence-corrected chi connectivity index (χ4v) is 2.25. The van der Waals surface area contributed by atoms with E-state index in [4.69, 9.17) is 10.5 Å². The fourth-order valence-electron chi connectivity index (χ4n) is 1.46. The first-order valence-electron chi connectivity index (χ1n) is 5.73. The Kier molecular flexibility index (Phi) is 4.35. The number of esters is 1. The summed E-state index contributed by atoms with van der Waals surface area (Å²) in [6, 6.07) is 6.96. The van der Waals surface area contributed by atoms with Crippen LogP contribution in [0, 0.1) is 0 Å². The summed E-state index contributed by atoms with van der Waals surface area (Å²) in [5.74, 6) is -0.420. The molecule has 0 radical (unpaired) electrons. The van der Waals surface area contributed by atoms with E-state index in [-0.39, 0.29) is 0 Å². The molecule has 19 heavy (non-hydrogen) atoms. The predicted octanol–water partition coefficient (Wildman–Crippen LogP) is 2.39. The van der Waals surface area contributed by atoms with E-state index in [1.54, 1.807) is 37.5 Å². The molecule has 2 aromatic rings. The number of rotatable bonds is 4. The zero-order chi connectivity index (χ0) is 13.7. The van der Waals surface area contributed by atoms with Crippen molar-refractivity contribution < 1.29 is 9.53 Å². The average Bonchev–Trinajstić information content (AvgIpc) is 2.42. The third-order valence-electron chi connectivity index (χ3n) is 2.30. The van der Waals surface area contributed by atoms with Crippen LogP contribution in [0.2, 0.25) is 0 Å². The van der Waals surface area contributed by atoms with Crippen molar-refractivity contribution in [1.82, 2.24) is 9.97 Å². The molecule has 0 amide bonds. The third kappa shape index (κ3) is 3.23. The summed E-state index contributed by atoms with van der Waals surface area (Å²) < 4.78 is 4.95. The number of benzene rings is 1. The predicted molar refractivity (Wildman–Crippen MR) is 73.0 cm³/mol. The number of nitrogen functional groups attached to an aromatic ring is 1. The Morgan fingerprint density at radius 2 is 2.05 bits per heavy atom. The molecular weight excluding hydrogens is 262 g/mol. The molecule has 0 aliphatic carbocycles. The number of carbonyl (C=O) groups is 1. The van der Waals surface area contributed by atoms with Gasteiger partial charge in [0.25, 0.3) is 0 Å². The minimum absolute atomic E-state index is 0.317. The van der Waals surface area contributed by atoms with Crippen LogP contribution in [0.15, 0.2) is 46.7 Å². The van der Waals surface area contributed by atoms with Gasteiger partial charge in [0.1, 0.15) is 0 Å². The van der Waals surface area contributed by atoms with Crippen molar-refractivity contribution in [3.63, 3.8) is 0 Å². The second kappa shape index (κ2) is 6.19. The lowest BCUT2D eigenvalue weighted by Crippen LogP contribution is -2.08. The lowest BCUT2D eigenvalue weighted by atomic mass is 10.2. The normalized spacial score (nSPS) is 10.2. The third-order valence-corrected chi connectivity index (χ3v) is 3.27. The molecule has 1 aromatic heterocycles. The van der Waals surface area contributed by atoms with Gasteiger partial charge in [-0.3, -0.25) is 0 Å². The maximum atomic E-state index is 11.7. The van der Waals surface area contributed by atoms with Crippen molar-refractivity contribution in [3.8, 4) is 0 Å². The van der Waals surface area contributed by atoms with Crippen molar-refractivity contribution in [1.29, 1.82) is 0 Å². The smallest absolute Gasteiger partial charge is 0.340 e. The zero-order valence-electron chi connectivity index (χ0n) is 10.4. The van der Waals surface area contributed by atoms with Crippen molar-refractivity contribution in [2.75, 3.05) is 12.3 Å². The molecule has 5 nitrogen and oxygen atoms in total. The van der Waals surface area contributed by atoms with Gasteiger partial charge < -0.3 is 10.5 Å². The Hall–Kier alpha value is -2.08. The highest BCUT2D eigenvalue weighted by molar-refractivity contribution is 7.99. The summed E-state index contributed by atoms with van der Waals surface area (Å²) in [6.07, 6.45) is 3.31. The summed E-state index contributed by atoms with van der Waals surface area (Å²) in [4.78, 5) is 20.7. The van der Waals surface area contributed by atoms with Crippen molar-refractivity contribution in [2.24, 2.45) is 0 Å². The molecule has 1 aromatic carbocycles. The van der Waals surface area contributed by atoms with Crippen molar-refractivity contribution in [3.05, 3.63) is 42.2 Å². The molecule has 6 heteroatoms. The highest BCUT2D eigenvalue weighted by Crippen LogP contribution is 2.31. The number of nitrogens with zero attached hydrogens (tertiary/aromatic N) is 2. The van der Waals surface area contributed by atoms with Gasteiger partial charge in [-0.15, -0.1) is 0 Å². The number of carbonyl (C=O) groups excluding carboxylic acids is 1. The van der Waals surface area contributed by atoms with Crippen LogP contribution in [-0.4, -0.2) is 22.5 Å². The summed E-state index contributed by atoms with van der Waals surface area (Å²) in [5.41, 5.74) is 6.74. The number of ether oxygens (including phenoxy) is 1. The van der Waals surface area contributed by atoms with Gasteiger partial charge in [0, 0.05) is 17.3 Å². The van der Waals surface area contributed by atoms with Gasteiger partial charge in [-0.1, -0.05) is 6.07 Å². The summed E-state index contributed by atoms with van der Waals surface area (Å²) in [7, 11) is 0. The van der Waals surface area contributed by atoms with E-state index in [0.29, 0.717) is 23.0 Å². The molecule has 0 fully saturated rings. The number of hydrogen-bond donors (Lipinski definition) is 1.